The van der Waals surface area contributed by atoms with Crippen LogP contribution in [0.1, 0.15) is 47.0 Å². The van der Waals surface area contributed by atoms with Crippen molar-refractivity contribution in [2.45, 2.75) is 65.1 Å². The van der Waals surface area contributed by atoms with E-state index in [0.29, 0.717) is 18.1 Å². The van der Waals surface area contributed by atoms with Gasteiger partial charge in [-0.25, -0.2) is 0 Å². The fourth-order valence-corrected chi connectivity index (χ4v) is 3.49. The average Bonchev–Trinajstić information content (AvgIpc) is 2.38. The second-order valence-electron chi connectivity index (χ2n) is 6.60. The summed E-state index contributed by atoms with van der Waals surface area (Å²) in [5, 5.41) is 3.54. The molecule has 0 spiro atoms. The Morgan fingerprint density at radius 1 is 1.21 bits per heavy atom. The molecule has 1 N–H and O–H groups in total. The van der Waals surface area contributed by atoms with Gasteiger partial charge in [0, 0.05) is 31.8 Å². The quantitative estimate of drug-likeness (QED) is 0.770. The van der Waals surface area contributed by atoms with Crippen molar-refractivity contribution >= 4 is 0 Å². The first-order valence-corrected chi connectivity index (χ1v) is 7.93. The zero-order chi connectivity index (χ0) is 14.4. The first-order valence-electron chi connectivity index (χ1n) is 7.93. The van der Waals surface area contributed by atoms with Crippen LogP contribution in [0.2, 0.25) is 0 Å². The second-order valence-corrected chi connectivity index (χ2v) is 6.60. The van der Waals surface area contributed by atoms with Gasteiger partial charge in [0.05, 0.1) is 6.61 Å². The molecule has 0 saturated heterocycles. The molecule has 0 aliphatic heterocycles. The van der Waals surface area contributed by atoms with Gasteiger partial charge in [-0.15, -0.1) is 0 Å². The summed E-state index contributed by atoms with van der Waals surface area (Å²) in [6.07, 6.45) is 4.00. The Hall–Kier alpha value is -0.120. The highest BCUT2D eigenvalue weighted by molar-refractivity contribution is 4.92. The van der Waals surface area contributed by atoms with E-state index in [1.165, 1.54) is 19.3 Å². The van der Waals surface area contributed by atoms with E-state index in [1.807, 2.05) is 0 Å². The largest absolute Gasteiger partial charge is 0.383 e. The molecule has 0 aromatic rings. The number of methoxy groups -OCH3 is 1. The molecule has 1 aliphatic rings. The lowest BCUT2D eigenvalue weighted by atomic mass is 9.76. The van der Waals surface area contributed by atoms with E-state index in [9.17, 15) is 0 Å². The monoisotopic (exact) mass is 270 g/mol. The van der Waals surface area contributed by atoms with Crippen molar-refractivity contribution in [2.75, 3.05) is 27.3 Å². The molecule has 19 heavy (non-hydrogen) atoms. The minimum Gasteiger partial charge on any atom is -0.383 e. The molecule has 1 saturated carbocycles. The Morgan fingerprint density at radius 3 is 2.37 bits per heavy atom. The van der Waals surface area contributed by atoms with Crippen LogP contribution >= 0.6 is 0 Å². The lowest BCUT2D eigenvalue weighted by Crippen LogP contribution is -2.55. The van der Waals surface area contributed by atoms with Gasteiger partial charge in [-0.3, -0.25) is 4.90 Å². The second kappa shape index (κ2) is 8.23. The van der Waals surface area contributed by atoms with Gasteiger partial charge in [-0.05, 0) is 52.0 Å². The number of likely N-dealkylation sites (N-methyl/N-ethyl adjacent to an activating group) is 1. The van der Waals surface area contributed by atoms with Crippen LogP contribution in [0, 0.1) is 11.8 Å². The van der Waals surface area contributed by atoms with Crippen LogP contribution in [-0.4, -0.2) is 50.3 Å². The Kier molecular flexibility index (Phi) is 7.33. The van der Waals surface area contributed by atoms with Gasteiger partial charge in [0.25, 0.3) is 0 Å². The summed E-state index contributed by atoms with van der Waals surface area (Å²) < 4.78 is 5.29. The molecule has 3 atom stereocenters. The minimum atomic E-state index is 0.585. The minimum absolute atomic E-state index is 0.585. The molecule has 1 fully saturated rings. The molecule has 0 amide bonds. The standard InChI is InChI=1S/C16H34N2O/c1-12(2)14-7-8-15(17-5)16(11-14)18(13(3)4)9-10-19-6/h12-17H,7-11H2,1-6H3. The van der Waals surface area contributed by atoms with Crippen molar-refractivity contribution in [3.63, 3.8) is 0 Å². The summed E-state index contributed by atoms with van der Waals surface area (Å²) in [4.78, 5) is 2.64. The smallest absolute Gasteiger partial charge is 0.0589 e. The van der Waals surface area contributed by atoms with E-state index in [4.69, 9.17) is 4.74 Å². The zero-order valence-corrected chi connectivity index (χ0v) is 13.8. The fraction of sp³-hybridized carbons (Fsp3) is 1.00. The molecule has 3 unspecified atom stereocenters. The third kappa shape index (κ3) is 4.73. The molecular formula is C16H34N2O. The molecule has 0 bridgehead atoms. The number of rotatable bonds is 7. The summed E-state index contributed by atoms with van der Waals surface area (Å²) in [6, 6.07) is 1.87. The van der Waals surface area contributed by atoms with Crippen LogP contribution in [0.3, 0.4) is 0 Å². The van der Waals surface area contributed by atoms with E-state index in [-0.39, 0.29) is 0 Å². The van der Waals surface area contributed by atoms with E-state index in [0.717, 1.165) is 25.0 Å². The first kappa shape index (κ1) is 16.9. The van der Waals surface area contributed by atoms with Crippen molar-refractivity contribution in [2.24, 2.45) is 11.8 Å². The van der Waals surface area contributed by atoms with Crippen LogP contribution in [-0.2, 0) is 4.74 Å². The summed E-state index contributed by atoms with van der Waals surface area (Å²) in [6.45, 7) is 11.2. The number of hydrogen-bond acceptors (Lipinski definition) is 3. The van der Waals surface area contributed by atoms with E-state index in [1.54, 1.807) is 7.11 Å². The third-order valence-corrected chi connectivity index (χ3v) is 4.81. The summed E-state index contributed by atoms with van der Waals surface area (Å²) >= 11 is 0. The van der Waals surface area contributed by atoms with Crippen molar-refractivity contribution in [1.82, 2.24) is 10.2 Å². The van der Waals surface area contributed by atoms with Crippen LogP contribution in [0.5, 0.6) is 0 Å². The first-order chi connectivity index (χ1) is 9.01. The maximum absolute atomic E-state index is 5.29. The zero-order valence-electron chi connectivity index (χ0n) is 13.8. The van der Waals surface area contributed by atoms with Crippen molar-refractivity contribution in [1.29, 1.82) is 0 Å². The van der Waals surface area contributed by atoms with Crippen LogP contribution in [0.25, 0.3) is 0 Å². The molecule has 0 heterocycles. The maximum atomic E-state index is 5.29. The van der Waals surface area contributed by atoms with Gasteiger partial charge < -0.3 is 10.1 Å². The molecule has 3 heteroatoms. The normalized spacial score (nSPS) is 28.6. The number of nitrogens with zero attached hydrogens (tertiary/aromatic N) is 1. The Morgan fingerprint density at radius 2 is 1.89 bits per heavy atom. The van der Waals surface area contributed by atoms with Gasteiger partial charge in [-0.2, -0.15) is 0 Å². The number of hydrogen-bond donors (Lipinski definition) is 1. The fourth-order valence-electron chi connectivity index (χ4n) is 3.49. The molecule has 1 aliphatic carbocycles. The Balaban J connectivity index is 2.75. The van der Waals surface area contributed by atoms with Crippen molar-refractivity contribution in [3.8, 4) is 0 Å². The molecule has 3 nitrogen and oxygen atoms in total. The predicted octanol–water partition coefficient (Wildman–Crippen LogP) is 2.76. The molecule has 0 aromatic carbocycles. The average molecular weight is 270 g/mol. The van der Waals surface area contributed by atoms with Crippen LogP contribution < -0.4 is 5.32 Å². The van der Waals surface area contributed by atoms with Crippen LogP contribution in [0.15, 0.2) is 0 Å². The summed E-state index contributed by atoms with van der Waals surface area (Å²) in [5.41, 5.74) is 0. The van der Waals surface area contributed by atoms with E-state index in [2.05, 4.69) is 45.0 Å². The SMILES string of the molecule is CNC1CCC(C(C)C)CC1N(CCOC)C(C)C. The van der Waals surface area contributed by atoms with Crippen molar-refractivity contribution in [3.05, 3.63) is 0 Å². The highest BCUT2D eigenvalue weighted by atomic mass is 16.5. The van der Waals surface area contributed by atoms with Gasteiger partial charge in [0.2, 0.25) is 0 Å². The van der Waals surface area contributed by atoms with Crippen LogP contribution in [0.4, 0.5) is 0 Å². The lowest BCUT2D eigenvalue weighted by Gasteiger charge is -2.45. The maximum Gasteiger partial charge on any atom is 0.0589 e. The molecule has 0 radical (unpaired) electrons. The van der Waals surface area contributed by atoms with E-state index < -0.39 is 0 Å². The summed E-state index contributed by atoms with van der Waals surface area (Å²) in [5.74, 6) is 1.68. The van der Waals surface area contributed by atoms with Gasteiger partial charge in [0.15, 0.2) is 0 Å². The highest BCUT2D eigenvalue weighted by Gasteiger charge is 2.35. The Labute approximate surface area is 120 Å². The van der Waals surface area contributed by atoms with Gasteiger partial charge in [-0.1, -0.05) is 13.8 Å². The third-order valence-electron chi connectivity index (χ3n) is 4.81. The van der Waals surface area contributed by atoms with Gasteiger partial charge >= 0.3 is 0 Å². The molecular weight excluding hydrogens is 236 g/mol. The molecule has 114 valence electrons. The van der Waals surface area contributed by atoms with E-state index >= 15 is 0 Å². The molecule has 0 aromatic heterocycles. The lowest BCUT2D eigenvalue weighted by molar-refractivity contribution is 0.0409. The number of nitrogens with one attached hydrogen (secondary N) is 1. The van der Waals surface area contributed by atoms with Crippen molar-refractivity contribution < 1.29 is 4.74 Å². The number of ether oxygens (including phenoxy) is 1. The van der Waals surface area contributed by atoms with Gasteiger partial charge in [0.1, 0.15) is 0 Å². The topological polar surface area (TPSA) is 24.5 Å². The summed E-state index contributed by atoms with van der Waals surface area (Å²) in [7, 11) is 3.91. The molecule has 1 rings (SSSR count). The predicted molar refractivity (Wildman–Crippen MR) is 82.5 cm³/mol. The highest BCUT2D eigenvalue weighted by Crippen LogP contribution is 2.33. The Bertz CT molecular complexity index is 243.